The van der Waals surface area contributed by atoms with Crippen LogP contribution in [0.3, 0.4) is 0 Å². The van der Waals surface area contributed by atoms with Crippen molar-refractivity contribution in [1.29, 1.82) is 0 Å². The zero-order valence-corrected chi connectivity index (χ0v) is 13.6. The molecule has 2 rings (SSSR count). The van der Waals surface area contributed by atoms with Gasteiger partial charge >= 0.3 is 0 Å². The van der Waals surface area contributed by atoms with Crippen LogP contribution in [0, 0.1) is 11.7 Å². The number of rotatable bonds is 3. The molecule has 0 saturated carbocycles. The maximum atomic E-state index is 13.8. The largest absolute Gasteiger partial charge is 0.328 e. The van der Waals surface area contributed by atoms with Crippen LogP contribution in [-0.2, 0) is 10.0 Å². The van der Waals surface area contributed by atoms with Crippen molar-refractivity contribution < 1.29 is 12.8 Å². The fourth-order valence-corrected chi connectivity index (χ4v) is 4.57. The average molecular weight is 365 g/mol. The fraction of sp³-hybridized carbons (Fsp3) is 0.538. The molecule has 1 heterocycles. The van der Waals surface area contributed by atoms with Crippen LogP contribution in [0.25, 0.3) is 0 Å². The van der Waals surface area contributed by atoms with Crippen LogP contribution in [0.1, 0.15) is 19.8 Å². The van der Waals surface area contributed by atoms with Gasteiger partial charge in [0.25, 0.3) is 0 Å². The molecule has 1 aliphatic rings. The summed E-state index contributed by atoms with van der Waals surface area (Å²) in [6, 6.07) is 3.87. The standard InChI is InChI=1S/C13H18BrFN2O2S/c1-9(16)10-3-2-6-17(8-10)20(18,19)13-7-11(14)4-5-12(13)15/h4-5,7,9-10H,2-3,6,8,16H2,1H3/t9-,10+/m1/s1. The predicted octanol–water partition coefficient (Wildman–Crippen LogP) is 2.34. The highest BCUT2D eigenvalue weighted by molar-refractivity contribution is 9.10. The minimum Gasteiger partial charge on any atom is -0.328 e. The van der Waals surface area contributed by atoms with Crippen molar-refractivity contribution in [2.75, 3.05) is 13.1 Å². The van der Waals surface area contributed by atoms with E-state index in [1.165, 1.54) is 16.4 Å². The second kappa shape index (κ2) is 6.09. The van der Waals surface area contributed by atoms with Gasteiger partial charge in [0, 0.05) is 23.6 Å². The summed E-state index contributed by atoms with van der Waals surface area (Å²) in [4.78, 5) is -0.280. The van der Waals surface area contributed by atoms with E-state index in [4.69, 9.17) is 5.73 Å². The van der Waals surface area contributed by atoms with Crippen LogP contribution >= 0.6 is 15.9 Å². The van der Waals surface area contributed by atoms with E-state index in [9.17, 15) is 12.8 Å². The first-order chi connectivity index (χ1) is 9.32. The number of halogens is 2. The highest BCUT2D eigenvalue weighted by Gasteiger charge is 2.33. The molecule has 1 saturated heterocycles. The third kappa shape index (κ3) is 3.21. The Morgan fingerprint density at radius 2 is 2.20 bits per heavy atom. The summed E-state index contributed by atoms with van der Waals surface area (Å²) >= 11 is 3.18. The molecule has 0 aromatic heterocycles. The molecule has 1 aromatic carbocycles. The zero-order valence-electron chi connectivity index (χ0n) is 11.2. The summed E-state index contributed by atoms with van der Waals surface area (Å²) in [5.41, 5.74) is 5.86. The van der Waals surface area contributed by atoms with E-state index in [-0.39, 0.29) is 16.9 Å². The van der Waals surface area contributed by atoms with Gasteiger partial charge in [-0.1, -0.05) is 15.9 Å². The van der Waals surface area contributed by atoms with Gasteiger partial charge in [-0.2, -0.15) is 4.31 Å². The molecule has 112 valence electrons. The number of benzene rings is 1. The Kier molecular flexibility index (Phi) is 4.84. The van der Waals surface area contributed by atoms with Crippen LogP contribution in [0.4, 0.5) is 4.39 Å². The Hall–Kier alpha value is -0.500. The number of hydrogen-bond acceptors (Lipinski definition) is 3. The third-order valence-corrected chi connectivity index (χ3v) is 6.05. The van der Waals surface area contributed by atoms with Gasteiger partial charge < -0.3 is 5.73 Å². The predicted molar refractivity (Wildman–Crippen MR) is 79.2 cm³/mol. The van der Waals surface area contributed by atoms with Crippen LogP contribution in [0.5, 0.6) is 0 Å². The molecule has 7 heteroatoms. The molecule has 0 bridgehead atoms. The molecule has 2 atom stereocenters. The molecule has 20 heavy (non-hydrogen) atoms. The Balaban J connectivity index is 2.32. The van der Waals surface area contributed by atoms with Gasteiger partial charge in [-0.25, -0.2) is 12.8 Å². The SMILES string of the molecule is C[C@@H](N)[C@H]1CCCN(S(=O)(=O)c2cc(Br)ccc2F)C1. The van der Waals surface area contributed by atoms with E-state index in [1.54, 1.807) is 0 Å². The van der Waals surface area contributed by atoms with Gasteiger partial charge in [0.1, 0.15) is 10.7 Å². The van der Waals surface area contributed by atoms with Gasteiger partial charge in [-0.3, -0.25) is 0 Å². The number of piperidine rings is 1. The summed E-state index contributed by atoms with van der Waals surface area (Å²) in [5.74, 6) is -0.607. The lowest BCUT2D eigenvalue weighted by Crippen LogP contribution is -2.45. The average Bonchev–Trinajstić information content (AvgIpc) is 2.41. The number of nitrogens with zero attached hydrogens (tertiary/aromatic N) is 1. The molecule has 1 fully saturated rings. The van der Waals surface area contributed by atoms with Crippen molar-refractivity contribution in [2.24, 2.45) is 11.7 Å². The van der Waals surface area contributed by atoms with E-state index in [2.05, 4.69) is 15.9 Å². The van der Waals surface area contributed by atoms with Crippen molar-refractivity contribution in [3.8, 4) is 0 Å². The molecular weight excluding hydrogens is 347 g/mol. The lowest BCUT2D eigenvalue weighted by molar-refractivity contribution is 0.242. The van der Waals surface area contributed by atoms with Gasteiger partial charge in [-0.05, 0) is 43.9 Å². The molecule has 4 nitrogen and oxygen atoms in total. The first-order valence-corrected chi connectivity index (χ1v) is 8.76. The summed E-state index contributed by atoms with van der Waals surface area (Å²) in [5, 5.41) is 0. The maximum Gasteiger partial charge on any atom is 0.246 e. The number of nitrogens with two attached hydrogens (primary N) is 1. The smallest absolute Gasteiger partial charge is 0.246 e. The van der Waals surface area contributed by atoms with Crippen LogP contribution in [0.15, 0.2) is 27.6 Å². The second-order valence-electron chi connectivity index (χ2n) is 5.20. The number of sulfonamides is 1. The summed E-state index contributed by atoms with van der Waals surface area (Å²) < 4.78 is 40.8. The van der Waals surface area contributed by atoms with Crippen LogP contribution < -0.4 is 5.73 Å². The van der Waals surface area contributed by atoms with E-state index in [1.807, 2.05) is 6.92 Å². The Morgan fingerprint density at radius 1 is 1.50 bits per heavy atom. The lowest BCUT2D eigenvalue weighted by Gasteiger charge is -2.33. The van der Waals surface area contributed by atoms with E-state index < -0.39 is 15.8 Å². The maximum absolute atomic E-state index is 13.8. The first-order valence-electron chi connectivity index (χ1n) is 6.53. The second-order valence-corrected chi connectivity index (χ2v) is 8.02. The molecule has 1 aromatic rings. The minimum absolute atomic E-state index is 0.0691. The van der Waals surface area contributed by atoms with Crippen LogP contribution in [-0.4, -0.2) is 31.9 Å². The molecule has 0 radical (unpaired) electrons. The third-order valence-electron chi connectivity index (χ3n) is 3.68. The molecule has 0 amide bonds. The molecule has 0 aliphatic carbocycles. The van der Waals surface area contributed by atoms with Crippen molar-refractivity contribution in [3.05, 3.63) is 28.5 Å². The van der Waals surface area contributed by atoms with Crippen molar-refractivity contribution in [3.63, 3.8) is 0 Å². The lowest BCUT2D eigenvalue weighted by atomic mass is 9.93. The minimum atomic E-state index is -3.81. The summed E-state index contributed by atoms with van der Waals surface area (Å²) in [7, 11) is -3.81. The Morgan fingerprint density at radius 3 is 2.85 bits per heavy atom. The summed E-state index contributed by atoms with van der Waals surface area (Å²) in [6.45, 7) is 2.64. The normalized spacial score (nSPS) is 22.7. The topological polar surface area (TPSA) is 63.4 Å². The van der Waals surface area contributed by atoms with E-state index in [0.717, 1.165) is 18.9 Å². The van der Waals surface area contributed by atoms with Crippen LogP contribution in [0.2, 0.25) is 0 Å². The van der Waals surface area contributed by atoms with Crippen molar-refractivity contribution in [2.45, 2.75) is 30.7 Å². The van der Waals surface area contributed by atoms with Gasteiger partial charge in [0.05, 0.1) is 0 Å². The highest BCUT2D eigenvalue weighted by Crippen LogP contribution is 2.28. The van der Waals surface area contributed by atoms with E-state index >= 15 is 0 Å². The van der Waals surface area contributed by atoms with E-state index in [0.29, 0.717) is 17.6 Å². The first kappa shape index (κ1) is 15.9. The molecule has 0 unspecified atom stereocenters. The Labute approximate surface area is 127 Å². The summed E-state index contributed by atoms with van der Waals surface area (Å²) in [6.07, 6.45) is 1.66. The Bertz CT molecular complexity index is 592. The quantitative estimate of drug-likeness (QED) is 0.894. The van der Waals surface area contributed by atoms with Gasteiger partial charge in [0.2, 0.25) is 10.0 Å². The fourth-order valence-electron chi connectivity index (χ4n) is 2.44. The zero-order chi connectivity index (χ0) is 14.9. The molecule has 1 aliphatic heterocycles. The van der Waals surface area contributed by atoms with Crippen molar-refractivity contribution in [1.82, 2.24) is 4.31 Å². The molecular formula is C13H18BrFN2O2S. The highest BCUT2D eigenvalue weighted by atomic mass is 79.9. The molecule has 2 N–H and O–H groups in total. The van der Waals surface area contributed by atoms with Gasteiger partial charge in [-0.15, -0.1) is 0 Å². The number of hydrogen-bond donors (Lipinski definition) is 1. The van der Waals surface area contributed by atoms with Gasteiger partial charge in [0.15, 0.2) is 0 Å². The van der Waals surface area contributed by atoms with Crippen molar-refractivity contribution >= 4 is 26.0 Å². The monoisotopic (exact) mass is 364 g/mol. The molecule has 0 spiro atoms.